The lowest BCUT2D eigenvalue weighted by atomic mass is 10.1. The molecule has 5 nitrogen and oxygen atoms in total. The van der Waals surface area contributed by atoms with E-state index in [2.05, 4.69) is 17.2 Å². The van der Waals surface area contributed by atoms with Crippen LogP contribution in [0.25, 0.3) is 0 Å². The van der Waals surface area contributed by atoms with Gasteiger partial charge in [0.05, 0.1) is 19.3 Å². The third kappa shape index (κ3) is 3.75. The predicted molar refractivity (Wildman–Crippen MR) is 72.6 cm³/mol. The number of carbonyl (C=O) groups is 1. The van der Waals surface area contributed by atoms with Crippen LogP contribution in [-0.2, 0) is 9.53 Å². The quantitative estimate of drug-likeness (QED) is 0.880. The number of amides is 1. The Balaban J connectivity index is 1.89. The fourth-order valence-electron chi connectivity index (χ4n) is 2.25. The van der Waals surface area contributed by atoms with Gasteiger partial charge in [-0.2, -0.15) is 0 Å². The number of aromatic nitrogens is 1. The molecule has 19 heavy (non-hydrogen) atoms. The monoisotopic (exact) mass is 263 g/mol. The predicted octanol–water partition coefficient (Wildman–Crippen LogP) is 0.979. The van der Waals surface area contributed by atoms with Gasteiger partial charge in [-0.1, -0.05) is 0 Å². The zero-order valence-corrected chi connectivity index (χ0v) is 11.5. The fourth-order valence-corrected chi connectivity index (χ4v) is 2.25. The molecule has 1 unspecified atom stereocenters. The van der Waals surface area contributed by atoms with Gasteiger partial charge in [0.25, 0.3) is 0 Å². The standard InChI is InChI=1S/C14H21N3O2/c1-11(13-3-5-15-6-4-13)16-12(2)14(18)17-7-9-19-10-8-17/h3-6,11-12,16H,7-10H2,1-2H3/t11-,12?/m0/s1. The third-order valence-electron chi connectivity index (χ3n) is 3.40. The van der Waals surface area contributed by atoms with Crippen molar-refractivity contribution in [2.45, 2.75) is 25.9 Å². The van der Waals surface area contributed by atoms with Gasteiger partial charge in [0.15, 0.2) is 0 Å². The Bertz CT molecular complexity index is 404. The van der Waals surface area contributed by atoms with E-state index in [1.165, 1.54) is 0 Å². The van der Waals surface area contributed by atoms with Crippen molar-refractivity contribution in [3.05, 3.63) is 30.1 Å². The van der Waals surface area contributed by atoms with Crippen LogP contribution < -0.4 is 5.32 Å². The van der Waals surface area contributed by atoms with Crippen molar-refractivity contribution in [1.82, 2.24) is 15.2 Å². The molecule has 104 valence electrons. The summed E-state index contributed by atoms with van der Waals surface area (Å²) in [6.07, 6.45) is 3.53. The Morgan fingerprint density at radius 2 is 1.95 bits per heavy atom. The molecule has 0 aromatic carbocycles. The number of ether oxygens (including phenoxy) is 1. The van der Waals surface area contributed by atoms with E-state index >= 15 is 0 Å². The summed E-state index contributed by atoms with van der Waals surface area (Å²) in [5.41, 5.74) is 1.14. The highest BCUT2D eigenvalue weighted by molar-refractivity contribution is 5.81. The molecule has 2 heterocycles. The van der Waals surface area contributed by atoms with Gasteiger partial charge < -0.3 is 9.64 Å². The van der Waals surface area contributed by atoms with Crippen molar-refractivity contribution >= 4 is 5.91 Å². The first-order valence-corrected chi connectivity index (χ1v) is 6.71. The van der Waals surface area contributed by atoms with Gasteiger partial charge in [-0.3, -0.25) is 15.1 Å². The Hall–Kier alpha value is -1.46. The molecule has 1 aromatic rings. The number of morpholine rings is 1. The maximum atomic E-state index is 12.3. The minimum atomic E-state index is -0.193. The van der Waals surface area contributed by atoms with E-state index in [9.17, 15) is 4.79 Å². The number of rotatable bonds is 4. The van der Waals surface area contributed by atoms with Crippen LogP contribution in [0, 0.1) is 0 Å². The van der Waals surface area contributed by atoms with E-state index in [1.54, 1.807) is 12.4 Å². The Labute approximate surface area is 114 Å². The lowest BCUT2D eigenvalue weighted by Gasteiger charge is -2.30. The van der Waals surface area contributed by atoms with Crippen LogP contribution in [0.4, 0.5) is 0 Å². The molecule has 0 spiro atoms. The van der Waals surface area contributed by atoms with Gasteiger partial charge >= 0.3 is 0 Å². The van der Waals surface area contributed by atoms with Crippen LogP contribution in [0.2, 0.25) is 0 Å². The first kappa shape index (κ1) is 14.0. The molecule has 1 aliphatic rings. The van der Waals surface area contributed by atoms with Crippen LogP contribution in [0.1, 0.15) is 25.5 Å². The molecular formula is C14H21N3O2. The van der Waals surface area contributed by atoms with Gasteiger partial charge in [0, 0.05) is 31.5 Å². The summed E-state index contributed by atoms with van der Waals surface area (Å²) in [5, 5.41) is 3.33. The van der Waals surface area contributed by atoms with Crippen molar-refractivity contribution in [1.29, 1.82) is 0 Å². The number of hydrogen-bond donors (Lipinski definition) is 1. The highest BCUT2D eigenvalue weighted by Crippen LogP contribution is 2.12. The summed E-state index contributed by atoms with van der Waals surface area (Å²) in [4.78, 5) is 18.1. The van der Waals surface area contributed by atoms with E-state index in [0.717, 1.165) is 5.56 Å². The zero-order chi connectivity index (χ0) is 13.7. The second kappa shape index (κ2) is 6.63. The number of hydrogen-bond acceptors (Lipinski definition) is 4. The molecule has 0 saturated carbocycles. The van der Waals surface area contributed by atoms with Gasteiger partial charge in [-0.25, -0.2) is 0 Å². The highest BCUT2D eigenvalue weighted by atomic mass is 16.5. The SMILES string of the molecule is CC(N[C@@H](C)c1ccncc1)C(=O)N1CCOCC1. The highest BCUT2D eigenvalue weighted by Gasteiger charge is 2.23. The van der Waals surface area contributed by atoms with E-state index < -0.39 is 0 Å². The van der Waals surface area contributed by atoms with Crippen molar-refractivity contribution in [2.75, 3.05) is 26.3 Å². The minimum Gasteiger partial charge on any atom is -0.378 e. The summed E-state index contributed by atoms with van der Waals surface area (Å²) in [5.74, 6) is 0.143. The first-order chi connectivity index (χ1) is 9.18. The van der Waals surface area contributed by atoms with Crippen LogP contribution in [0.5, 0.6) is 0 Å². The fraction of sp³-hybridized carbons (Fsp3) is 0.571. The van der Waals surface area contributed by atoms with Crippen LogP contribution in [0.3, 0.4) is 0 Å². The molecule has 1 saturated heterocycles. The van der Waals surface area contributed by atoms with Crippen molar-refractivity contribution in [3.63, 3.8) is 0 Å². The Morgan fingerprint density at radius 1 is 1.32 bits per heavy atom. The molecule has 1 fully saturated rings. The summed E-state index contributed by atoms with van der Waals surface area (Å²) in [6.45, 7) is 6.62. The number of carbonyl (C=O) groups excluding carboxylic acids is 1. The second-order valence-electron chi connectivity index (χ2n) is 4.83. The van der Waals surface area contributed by atoms with Crippen molar-refractivity contribution < 1.29 is 9.53 Å². The normalized spacial score (nSPS) is 18.9. The summed E-state index contributed by atoms with van der Waals surface area (Å²) < 4.78 is 5.26. The molecule has 1 amide bonds. The molecule has 2 atom stereocenters. The van der Waals surface area contributed by atoms with E-state index in [-0.39, 0.29) is 18.0 Å². The maximum Gasteiger partial charge on any atom is 0.239 e. The molecule has 0 bridgehead atoms. The molecule has 1 aliphatic heterocycles. The van der Waals surface area contributed by atoms with Gasteiger partial charge in [0.1, 0.15) is 0 Å². The minimum absolute atomic E-state index is 0.128. The van der Waals surface area contributed by atoms with E-state index in [1.807, 2.05) is 24.0 Å². The molecule has 5 heteroatoms. The molecule has 0 aliphatic carbocycles. The maximum absolute atomic E-state index is 12.3. The van der Waals surface area contributed by atoms with Gasteiger partial charge in [-0.05, 0) is 31.5 Å². The van der Waals surface area contributed by atoms with Crippen LogP contribution in [0.15, 0.2) is 24.5 Å². The topological polar surface area (TPSA) is 54.5 Å². The molecule has 1 N–H and O–H groups in total. The zero-order valence-electron chi connectivity index (χ0n) is 11.5. The van der Waals surface area contributed by atoms with Gasteiger partial charge in [-0.15, -0.1) is 0 Å². The number of nitrogens with one attached hydrogen (secondary N) is 1. The smallest absolute Gasteiger partial charge is 0.239 e. The second-order valence-corrected chi connectivity index (χ2v) is 4.83. The Morgan fingerprint density at radius 3 is 2.58 bits per heavy atom. The molecule has 1 aromatic heterocycles. The van der Waals surface area contributed by atoms with Crippen LogP contribution >= 0.6 is 0 Å². The average Bonchev–Trinajstić information content (AvgIpc) is 2.48. The van der Waals surface area contributed by atoms with Crippen LogP contribution in [-0.4, -0.2) is 48.1 Å². The van der Waals surface area contributed by atoms with Crippen molar-refractivity contribution in [2.24, 2.45) is 0 Å². The lowest BCUT2D eigenvalue weighted by Crippen LogP contribution is -2.49. The average molecular weight is 263 g/mol. The molecule has 2 rings (SSSR count). The summed E-state index contributed by atoms with van der Waals surface area (Å²) >= 11 is 0. The Kier molecular flexibility index (Phi) is 4.87. The van der Waals surface area contributed by atoms with E-state index in [4.69, 9.17) is 4.74 Å². The van der Waals surface area contributed by atoms with Crippen molar-refractivity contribution in [3.8, 4) is 0 Å². The summed E-state index contributed by atoms with van der Waals surface area (Å²) in [6, 6.07) is 3.86. The van der Waals surface area contributed by atoms with E-state index in [0.29, 0.717) is 26.3 Å². The van der Waals surface area contributed by atoms with Gasteiger partial charge in [0.2, 0.25) is 5.91 Å². The molecule has 0 radical (unpaired) electrons. The lowest BCUT2D eigenvalue weighted by molar-refractivity contribution is -0.137. The largest absolute Gasteiger partial charge is 0.378 e. The first-order valence-electron chi connectivity index (χ1n) is 6.71. The summed E-state index contributed by atoms with van der Waals surface area (Å²) in [7, 11) is 0. The number of nitrogens with zero attached hydrogens (tertiary/aromatic N) is 2. The number of pyridine rings is 1. The molecular weight excluding hydrogens is 242 g/mol. The third-order valence-corrected chi connectivity index (χ3v) is 3.40.